The molecule has 0 unspecified atom stereocenters. The topological polar surface area (TPSA) is 85.2 Å². The number of hydrogen-bond acceptors (Lipinski definition) is 4. The summed E-state index contributed by atoms with van der Waals surface area (Å²) in [5, 5.41) is 9.72. The minimum absolute atomic E-state index is 0.123. The van der Waals surface area contributed by atoms with Gasteiger partial charge in [0, 0.05) is 16.8 Å². The Balaban J connectivity index is 1.53. The number of fused-ring (bicyclic) bond motifs is 1. The van der Waals surface area contributed by atoms with Crippen molar-refractivity contribution in [1.82, 2.24) is 15.1 Å². The van der Waals surface area contributed by atoms with Crippen LogP contribution in [0.2, 0.25) is 0 Å². The lowest BCUT2D eigenvalue weighted by Gasteiger charge is -2.19. The number of carbonyl (C=O) groups excluding carboxylic acids is 2. The molecule has 4 rings (SSSR count). The van der Waals surface area contributed by atoms with E-state index in [0.717, 1.165) is 12.1 Å². The molecule has 1 aromatic heterocycles. The molecule has 0 spiro atoms. The van der Waals surface area contributed by atoms with E-state index < -0.39 is 17.8 Å². The first-order chi connectivity index (χ1) is 15.1. The zero-order valence-electron chi connectivity index (χ0n) is 17.2. The molecule has 0 saturated heterocycles. The predicted octanol–water partition coefficient (Wildman–Crippen LogP) is 4.02. The van der Waals surface area contributed by atoms with Gasteiger partial charge in [0.2, 0.25) is 0 Å². The van der Waals surface area contributed by atoms with Crippen molar-refractivity contribution in [2.75, 3.05) is 11.9 Å². The van der Waals surface area contributed by atoms with Gasteiger partial charge in [-0.15, -0.1) is 0 Å². The summed E-state index contributed by atoms with van der Waals surface area (Å²) >= 11 is 0. The second-order valence-electron chi connectivity index (χ2n) is 7.39. The van der Waals surface area contributed by atoms with E-state index in [1.165, 1.54) is 29.1 Å². The van der Waals surface area contributed by atoms with E-state index in [1.54, 1.807) is 26.0 Å². The lowest BCUT2D eigenvalue weighted by Crippen LogP contribution is -2.28. The average molecular weight is 444 g/mol. The number of hydrogen-bond donors (Lipinski definition) is 2. The molecule has 1 atom stereocenters. The highest BCUT2D eigenvalue weighted by Crippen LogP contribution is 2.31. The number of ether oxygens (including phenoxy) is 1. The standard InChI is InChI=1S/C22H19F3N4O3/c1-12(27-21(31)14-6-7-18-19(8-14)32-11-20(30)28-18)17-10-26-29(13(17)2)16-5-3-4-15(9-16)22(23,24)25/h3-10,12H,11H2,1-2H3,(H,27,31)(H,28,30)/t12-/m0/s1. The van der Waals surface area contributed by atoms with Gasteiger partial charge < -0.3 is 15.4 Å². The van der Waals surface area contributed by atoms with E-state index in [9.17, 15) is 22.8 Å². The Kier molecular flexibility index (Phi) is 5.37. The Morgan fingerprint density at radius 3 is 2.78 bits per heavy atom. The van der Waals surface area contributed by atoms with Crippen LogP contribution in [0.25, 0.3) is 5.69 Å². The van der Waals surface area contributed by atoms with Crippen LogP contribution in [0.15, 0.2) is 48.7 Å². The van der Waals surface area contributed by atoms with Gasteiger partial charge >= 0.3 is 6.18 Å². The zero-order valence-corrected chi connectivity index (χ0v) is 17.2. The van der Waals surface area contributed by atoms with E-state index in [4.69, 9.17) is 4.74 Å². The highest BCUT2D eigenvalue weighted by molar-refractivity contribution is 5.99. The summed E-state index contributed by atoms with van der Waals surface area (Å²) < 4.78 is 45.9. The fraction of sp³-hybridized carbons (Fsp3) is 0.227. The van der Waals surface area contributed by atoms with Crippen LogP contribution < -0.4 is 15.4 Å². The van der Waals surface area contributed by atoms with Gasteiger partial charge in [-0.3, -0.25) is 9.59 Å². The molecular weight excluding hydrogens is 425 g/mol. The minimum Gasteiger partial charge on any atom is -0.482 e. The number of nitrogens with zero attached hydrogens (tertiary/aromatic N) is 2. The molecule has 1 aliphatic heterocycles. The van der Waals surface area contributed by atoms with Gasteiger partial charge in [0.1, 0.15) is 5.75 Å². The molecule has 2 N–H and O–H groups in total. The number of rotatable bonds is 4. The molecule has 0 saturated carbocycles. The Labute approximate surface area is 181 Å². The van der Waals surface area contributed by atoms with Crippen LogP contribution in [0, 0.1) is 6.92 Å². The van der Waals surface area contributed by atoms with Gasteiger partial charge in [-0.05, 0) is 50.2 Å². The maximum atomic E-state index is 13.0. The van der Waals surface area contributed by atoms with E-state index in [1.807, 2.05) is 0 Å². The third-order valence-corrected chi connectivity index (χ3v) is 5.16. The van der Waals surface area contributed by atoms with E-state index in [0.29, 0.717) is 28.3 Å². The number of nitrogens with one attached hydrogen (secondary N) is 2. The Bertz CT molecular complexity index is 1200. The number of aromatic nitrogens is 2. The fourth-order valence-electron chi connectivity index (χ4n) is 3.50. The van der Waals surface area contributed by atoms with Crippen molar-refractivity contribution in [2.24, 2.45) is 0 Å². The number of anilines is 1. The highest BCUT2D eigenvalue weighted by atomic mass is 19.4. The van der Waals surface area contributed by atoms with Crippen molar-refractivity contribution in [3.05, 3.63) is 71.0 Å². The van der Waals surface area contributed by atoms with Gasteiger partial charge in [-0.2, -0.15) is 18.3 Å². The van der Waals surface area contributed by atoms with Crippen LogP contribution in [-0.2, 0) is 11.0 Å². The predicted molar refractivity (Wildman–Crippen MR) is 110 cm³/mol. The fourth-order valence-corrected chi connectivity index (χ4v) is 3.50. The lowest BCUT2D eigenvalue weighted by atomic mass is 10.1. The van der Waals surface area contributed by atoms with Crippen LogP contribution in [0.1, 0.15) is 40.1 Å². The van der Waals surface area contributed by atoms with Crippen LogP contribution >= 0.6 is 0 Å². The molecule has 166 valence electrons. The monoisotopic (exact) mass is 444 g/mol. The number of alkyl halides is 3. The van der Waals surface area contributed by atoms with Crippen LogP contribution in [0.3, 0.4) is 0 Å². The van der Waals surface area contributed by atoms with Gasteiger partial charge in [0.25, 0.3) is 11.8 Å². The molecule has 10 heteroatoms. The van der Waals surface area contributed by atoms with Gasteiger partial charge in [-0.1, -0.05) is 6.07 Å². The molecule has 0 radical (unpaired) electrons. The van der Waals surface area contributed by atoms with Crippen LogP contribution in [0.4, 0.5) is 18.9 Å². The number of benzene rings is 2. The molecule has 3 aromatic rings. The van der Waals surface area contributed by atoms with Gasteiger partial charge in [-0.25, -0.2) is 4.68 Å². The molecular formula is C22H19F3N4O3. The highest BCUT2D eigenvalue weighted by Gasteiger charge is 2.31. The molecule has 2 amide bonds. The summed E-state index contributed by atoms with van der Waals surface area (Å²) in [5.74, 6) is -0.234. The van der Waals surface area contributed by atoms with Crippen molar-refractivity contribution >= 4 is 17.5 Å². The first kappa shape index (κ1) is 21.4. The Morgan fingerprint density at radius 1 is 1.25 bits per heavy atom. The van der Waals surface area contributed by atoms with E-state index in [2.05, 4.69) is 15.7 Å². The Morgan fingerprint density at radius 2 is 2.03 bits per heavy atom. The quantitative estimate of drug-likeness (QED) is 0.637. The summed E-state index contributed by atoms with van der Waals surface area (Å²) in [5.41, 5.74) is 1.61. The van der Waals surface area contributed by atoms with Crippen molar-refractivity contribution in [3.8, 4) is 11.4 Å². The number of halogens is 3. The summed E-state index contributed by atoms with van der Waals surface area (Å²) in [6.45, 7) is 3.36. The minimum atomic E-state index is -4.46. The SMILES string of the molecule is Cc1c([C@H](C)NC(=O)c2ccc3c(c2)OCC(=O)N3)cnn1-c1cccc(C(F)(F)F)c1. The molecule has 1 aliphatic rings. The van der Waals surface area contributed by atoms with Crippen LogP contribution in [-0.4, -0.2) is 28.2 Å². The smallest absolute Gasteiger partial charge is 0.416 e. The van der Waals surface area contributed by atoms with Crippen molar-refractivity contribution in [1.29, 1.82) is 0 Å². The molecule has 7 nitrogen and oxygen atoms in total. The van der Waals surface area contributed by atoms with Gasteiger partial charge in [0.15, 0.2) is 6.61 Å². The number of carbonyl (C=O) groups is 2. The average Bonchev–Trinajstić information content (AvgIpc) is 3.14. The summed E-state index contributed by atoms with van der Waals surface area (Å²) in [6.07, 6.45) is -2.94. The third kappa shape index (κ3) is 4.16. The lowest BCUT2D eigenvalue weighted by molar-refractivity contribution is -0.137. The molecule has 0 aliphatic carbocycles. The summed E-state index contributed by atoms with van der Waals surface area (Å²) in [7, 11) is 0. The summed E-state index contributed by atoms with van der Waals surface area (Å²) in [6, 6.07) is 9.11. The van der Waals surface area contributed by atoms with Crippen LogP contribution in [0.5, 0.6) is 5.75 Å². The number of amides is 2. The largest absolute Gasteiger partial charge is 0.482 e. The summed E-state index contributed by atoms with van der Waals surface area (Å²) in [4.78, 5) is 24.1. The Hall–Kier alpha value is -3.82. The first-order valence-electron chi connectivity index (χ1n) is 9.73. The normalized spacial score (nSPS) is 14.2. The molecule has 2 aromatic carbocycles. The van der Waals surface area contributed by atoms with Crippen molar-refractivity contribution in [3.63, 3.8) is 0 Å². The van der Waals surface area contributed by atoms with Crippen molar-refractivity contribution in [2.45, 2.75) is 26.1 Å². The van der Waals surface area contributed by atoms with Crippen molar-refractivity contribution < 1.29 is 27.5 Å². The van der Waals surface area contributed by atoms with E-state index in [-0.39, 0.29) is 24.1 Å². The third-order valence-electron chi connectivity index (χ3n) is 5.16. The second kappa shape index (κ2) is 8.03. The maximum absolute atomic E-state index is 13.0. The molecule has 0 fully saturated rings. The maximum Gasteiger partial charge on any atom is 0.416 e. The van der Waals surface area contributed by atoms with E-state index >= 15 is 0 Å². The molecule has 2 heterocycles. The first-order valence-corrected chi connectivity index (χ1v) is 9.73. The second-order valence-corrected chi connectivity index (χ2v) is 7.39. The van der Waals surface area contributed by atoms with Gasteiger partial charge in [0.05, 0.1) is 29.2 Å². The molecule has 0 bridgehead atoms. The molecule has 32 heavy (non-hydrogen) atoms. The zero-order chi connectivity index (χ0) is 23.0.